The molecular formula is C14H20N2O2. The fourth-order valence-electron chi connectivity index (χ4n) is 1.85. The zero-order valence-electron chi connectivity index (χ0n) is 13.8. The third-order valence-corrected chi connectivity index (χ3v) is 2.61. The molecule has 0 aliphatic heterocycles. The van der Waals surface area contributed by atoms with Crippen LogP contribution in [0.15, 0.2) is 41.6 Å². The Bertz CT molecular complexity index is 519. The van der Waals surface area contributed by atoms with E-state index < -0.39 is 18.3 Å². The van der Waals surface area contributed by atoms with E-state index in [-0.39, 0.29) is 11.3 Å². The lowest BCUT2D eigenvalue weighted by molar-refractivity contribution is 0.167. The lowest BCUT2D eigenvalue weighted by Gasteiger charge is -2.37. The maximum Gasteiger partial charge on any atom is 0.108 e. The van der Waals surface area contributed by atoms with Gasteiger partial charge in [0.2, 0.25) is 0 Å². The third-order valence-electron chi connectivity index (χ3n) is 2.61. The summed E-state index contributed by atoms with van der Waals surface area (Å²) < 4.78 is 22.5. The molecule has 0 fully saturated rings. The van der Waals surface area contributed by atoms with E-state index >= 15 is 0 Å². The molecule has 0 saturated heterocycles. The molecule has 1 aromatic rings. The van der Waals surface area contributed by atoms with Gasteiger partial charge in [-0.25, -0.2) is 5.06 Å². The maximum atomic E-state index is 10.4. The highest BCUT2D eigenvalue weighted by Crippen LogP contribution is 2.32. The van der Waals surface area contributed by atoms with Crippen LogP contribution >= 0.6 is 0 Å². The number of hydroxylamine groups is 1. The molecule has 4 nitrogen and oxygen atoms in total. The molecular weight excluding hydrogens is 228 g/mol. The van der Waals surface area contributed by atoms with Crippen LogP contribution in [0.5, 0.6) is 0 Å². The van der Waals surface area contributed by atoms with Crippen molar-refractivity contribution in [2.24, 2.45) is 10.6 Å². The molecule has 0 radical (unpaired) electrons. The molecule has 1 aromatic carbocycles. The maximum absolute atomic E-state index is 10.4. The first-order valence-electron chi connectivity index (χ1n) is 7.09. The Kier molecular flexibility index (Phi) is 3.03. The largest absolute Gasteiger partial charge is 0.288 e. The molecule has 0 heterocycles. The number of hydrogen-bond donors (Lipinski definition) is 1. The molecule has 1 unspecified atom stereocenters. The second kappa shape index (κ2) is 5.31. The average Bonchev–Trinajstić information content (AvgIpc) is 2.36. The Morgan fingerprint density at radius 2 is 2.00 bits per heavy atom. The van der Waals surface area contributed by atoms with Crippen LogP contribution in [-0.2, 0) is 0 Å². The first kappa shape index (κ1) is 10.3. The van der Waals surface area contributed by atoms with Gasteiger partial charge in [0, 0.05) is 4.11 Å². The number of rotatable bonds is 4. The van der Waals surface area contributed by atoms with Crippen LogP contribution in [0.2, 0.25) is 0 Å². The van der Waals surface area contributed by atoms with Gasteiger partial charge in [-0.15, -0.1) is 4.91 Å². The summed E-state index contributed by atoms with van der Waals surface area (Å²) in [7, 11) is 0. The van der Waals surface area contributed by atoms with Crippen LogP contribution < -0.4 is 5.06 Å². The zero-order chi connectivity index (χ0) is 16.4. The van der Waals surface area contributed by atoms with Gasteiger partial charge in [0.05, 0.1) is 11.7 Å². The highest BCUT2D eigenvalue weighted by atomic mass is 16.5. The molecule has 0 aliphatic rings. The van der Waals surface area contributed by atoms with Gasteiger partial charge in [-0.1, -0.05) is 32.9 Å². The number of nitroso groups, excluding NO2 is 1. The molecule has 18 heavy (non-hydrogen) atoms. The number of hydrogen-bond acceptors (Lipinski definition) is 4. The van der Waals surface area contributed by atoms with Crippen LogP contribution in [0.3, 0.4) is 0 Å². The van der Waals surface area contributed by atoms with Gasteiger partial charge in [-0.2, -0.15) is 0 Å². The minimum Gasteiger partial charge on any atom is -0.288 e. The van der Waals surface area contributed by atoms with Crippen LogP contribution in [0.1, 0.15) is 31.7 Å². The molecule has 0 saturated carbocycles. The molecule has 0 spiro atoms. The van der Waals surface area contributed by atoms with E-state index in [1.807, 2.05) is 20.8 Å². The molecule has 1 rings (SSSR count). The van der Waals surface area contributed by atoms with Gasteiger partial charge in [-0.3, -0.25) is 5.21 Å². The lowest BCUT2D eigenvalue weighted by atomic mass is 9.82. The van der Waals surface area contributed by atoms with E-state index in [4.69, 9.17) is 4.11 Å². The summed E-state index contributed by atoms with van der Waals surface area (Å²) in [4.78, 5) is 10.4. The van der Waals surface area contributed by atoms with Crippen LogP contribution in [0.4, 0.5) is 11.4 Å². The third kappa shape index (κ3) is 3.17. The van der Waals surface area contributed by atoms with Crippen molar-refractivity contribution in [3.8, 4) is 0 Å². The van der Waals surface area contributed by atoms with E-state index in [1.165, 1.54) is 24.3 Å². The highest BCUT2D eigenvalue weighted by Gasteiger charge is 2.30. The summed E-state index contributed by atoms with van der Waals surface area (Å²) in [6.07, 6.45) is 0. The van der Waals surface area contributed by atoms with Crippen molar-refractivity contribution in [2.45, 2.75) is 33.7 Å². The van der Waals surface area contributed by atoms with Crippen molar-refractivity contribution in [2.75, 3.05) is 5.06 Å². The van der Waals surface area contributed by atoms with Gasteiger partial charge in [0.1, 0.15) is 5.69 Å². The van der Waals surface area contributed by atoms with Crippen molar-refractivity contribution in [1.82, 2.24) is 0 Å². The second-order valence-electron chi connectivity index (χ2n) is 5.25. The monoisotopic (exact) mass is 251 g/mol. The Morgan fingerprint density at radius 3 is 2.39 bits per heavy atom. The molecule has 0 amide bonds. The molecule has 0 aromatic heterocycles. The molecule has 1 atom stereocenters. The summed E-state index contributed by atoms with van der Waals surface area (Å²) in [5, 5.41) is 14.1. The quantitative estimate of drug-likeness (QED) is 0.494. The molecule has 98 valence electrons. The summed E-state index contributed by atoms with van der Waals surface area (Å²) >= 11 is 0. The fourth-order valence-corrected chi connectivity index (χ4v) is 1.85. The summed E-state index contributed by atoms with van der Waals surface area (Å²) in [6.45, 7) is 6.72. The molecule has 0 aliphatic carbocycles. The smallest absolute Gasteiger partial charge is 0.108 e. The van der Waals surface area contributed by atoms with Crippen LogP contribution in [0.25, 0.3) is 0 Å². The summed E-state index contributed by atoms with van der Waals surface area (Å²) in [5.41, 5.74) is -0.00105. The Balaban J connectivity index is 3.19. The number of anilines is 1. The first-order valence-corrected chi connectivity index (χ1v) is 5.59. The van der Waals surface area contributed by atoms with Crippen molar-refractivity contribution < 1.29 is 9.32 Å². The van der Waals surface area contributed by atoms with Crippen LogP contribution in [-0.4, -0.2) is 11.2 Å². The standard InChI is InChI=1S/C14H20N2O2/c1-10(2)13(14(3,4)5)16(18)12-8-6-11(15-17)7-9-12/h6-9,13,18H,1H2,2-5H3/i2D3. The van der Waals surface area contributed by atoms with E-state index in [2.05, 4.69) is 11.8 Å². The van der Waals surface area contributed by atoms with Crippen molar-refractivity contribution in [3.63, 3.8) is 0 Å². The SMILES string of the molecule is [2H]C([2H])([2H])C(=C)C(N(O)c1ccc(N=O)cc1)C(C)(C)C. The average molecular weight is 251 g/mol. The molecule has 1 N–H and O–H groups in total. The second-order valence-corrected chi connectivity index (χ2v) is 5.25. The highest BCUT2D eigenvalue weighted by molar-refractivity contribution is 5.52. The minimum atomic E-state index is -2.37. The predicted octanol–water partition coefficient (Wildman–Crippen LogP) is 4.27. The van der Waals surface area contributed by atoms with E-state index in [9.17, 15) is 10.1 Å². The summed E-state index contributed by atoms with van der Waals surface area (Å²) in [6, 6.07) is 5.09. The van der Waals surface area contributed by atoms with Crippen molar-refractivity contribution >= 4 is 11.4 Å². The Hall–Kier alpha value is -1.68. The predicted molar refractivity (Wildman–Crippen MR) is 74.2 cm³/mol. The van der Waals surface area contributed by atoms with E-state index in [1.54, 1.807) is 0 Å². The first-order chi connectivity index (χ1) is 9.48. The summed E-state index contributed by atoms with van der Waals surface area (Å²) in [5.74, 6) is 0. The van der Waals surface area contributed by atoms with Gasteiger partial charge < -0.3 is 0 Å². The molecule has 4 heteroatoms. The zero-order valence-corrected chi connectivity index (χ0v) is 10.8. The van der Waals surface area contributed by atoms with E-state index in [0.29, 0.717) is 5.69 Å². The fraction of sp³-hybridized carbons (Fsp3) is 0.429. The van der Waals surface area contributed by atoms with Gasteiger partial charge in [0.15, 0.2) is 0 Å². The van der Waals surface area contributed by atoms with Crippen molar-refractivity contribution in [1.29, 1.82) is 0 Å². The Morgan fingerprint density at radius 1 is 1.44 bits per heavy atom. The van der Waals surface area contributed by atoms with Crippen molar-refractivity contribution in [3.05, 3.63) is 41.3 Å². The minimum absolute atomic E-state index is 0.0462. The van der Waals surface area contributed by atoms with E-state index in [0.717, 1.165) is 5.06 Å². The normalized spacial score (nSPS) is 16.1. The van der Waals surface area contributed by atoms with Gasteiger partial charge in [-0.05, 0) is 41.7 Å². The molecule has 0 bridgehead atoms. The number of nitrogens with zero attached hydrogens (tertiary/aromatic N) is 2. The number of benzene rings is 1. The van der Waals surface area contributed by atoms with Gasteiger partial charge >= 0.3 is 0 Å². The van der Waals surface area contributed by atoms with Gasteiger partial charge in [0.25, 0.3) is 0 Å². The lowest BCUT2D eigenvalue weighted by Crippen LogP contribution is -2.43. The topological polar surface area (TPSA) is 52.9 Å². The van der Waals surface area contributed by atoms with Crippen LogP contribution in [0, 0.1) is 10.3 Å². The Labute approximate surface area is 112 Å².